The summed E-state index contributed by atoms with van der Waals surface area (Å²) in [5.41, 5.74) is 0. The fourth-order valence-corrected chi connectivity index (χ4v) is 2.69. The highest BCUT2D eigenvalue weighted by atomic mass is 32.2. The third-order valence-corrected chi connectivity index (χ3v) is 4.27. The molecule has 0 saturated heterocycles. The molecule has 0 aromatic heterocycles. The van der Waals surface area contributed by atoms with Gasteiger partial charge in [0.25, 0.3) is 0 Å². The average molecular weight is 292 g/mol. The van der Waals surface area contributed by atoms with Crippen LogP contribution < -0.4 is 0 Å². The van der Waals surface area contributed by atoms with E-state index < -0.39 is 9.84 Å². The van der Waals surface area contributed by atoms with E-state index >= 15 is 0 Å². The predicted molar refractivity (Wildman–Crippen MR) is 74.9 cm³/mol. The number of sulfone groups is 1. The zero-order valence-corrected chi connectivity index (χ0v) is 12.2. The molecule has 1 rings (SSSR count). The van der Waals surface area contributed by atoms with E-state index in [2.05, 4.69) is 12.6 Å². The minimum atomic E-state index is -3.09. The molecule has 17 heavy (non-hydrogen) atoms. The van der Waals surface area contributed by atoms with Crippen molar-refractivity contribution in [2.24, 2.45) is 0 Å². The number of thiol groups is 1. The van der Waals surface area contributed by atoms with Gasteiger partial charge in [-0.15, -0.1) is 11.8 Å². The van der Waals surface area contributed by atoms with Crippen LogP contribution in [0, 0.1) is 0 Å². The van der Waals surface area contributed by atoms with Gasteiger partial charge in [-0.1, -0.05) is 0 Å². The van der Waals surface area contributed by atoms with Crippen LogP contribution in [0.25, 0.3) is 0 Å². The first-order valence-corrected chi connectivity index (χ1v) is 8.66. The minimum Gasteiger partial charge on any atom is -0.380 e. The molecule has 1 aromatic carbocycles. The average Bonchev–Trinajstić information content (AvgIpc) is 2.28. The third-order valence-electron chi connectivity index (χ3n) is 1.98. The normalized spacial score (nSPS) is 11.6. The molecule has 0 heterocycles. The molecule has 0 saturated carbocycles. The van der Waals surface area contributed by atoms with Crippen molar-refractivity contribution in [3.63, 3.8) is 0 Å². The van der Waals surface area contributed by atoms with Crippen molar-refractivity contribution < 1.29 is 13.2 Å². The first-order chi connectivity index (χ1) is 8.04. The molecule has 0 radical (unpaired) electrons. The molecule has 0 fully saturated rings. The molecular formula is C11H16O3S3. The molecule has 0 amide bonds. The molecule has 0 N–H and O–H groups in total. The van der Waals surface area contributed by atoms with Crippen LogP contribution in [0.15, 0.2) is 34.1 Å². The Kier molecular flexibility index (Phi) is 6.40. The van der Waals surface area contributed by atoms with Crippen molar-refractivity contribution >= 4 is 34.2 Å². The smallest absolute Gasteiger partial charge is 0.175 e. The van der Waals surface area contributed by atoms with Crippen LogP contribution in [0.4, 0.5) is 0 Å². The maximum Gasteiger partial charge on any atom is 0.175 e. The molecule has 6 heteroatoms. The highest BCUT2D eigenvalue weighted by Crippen LogP contribution is 2.19. The van der Waals surface area contributed by atoms with Crippen molar-refractivity contribution in [1.29, 1.82) is 0 Å². The zero-order chi connectivity index (χ0) is 12.7. The van der Waals surface area contributed by atoms with Gasteiger partial charge in [0.1, 0.15) is 0 Å². The molecule has 0 unspecified atom stereocenters. The van der Waals surface area contributed by atoms with Crippen LogP contribution in [0.3, 0.4) is 0 Å². The quantitative estimate of drug-likeness (QED) is 0.475. The van der Waals surface area contributed by atoms with E-state index in [1.165, 1.54) is 6.26 Å². The summed E-state index contributed by atoms with van der Waals surface area (Å²) in [6.07, 6.45) is 1.21. The van der Waals surface area contributed by atoms with Gasteiger partial charge in [0.2, 0.25) is 0 Å². The largest absolute Gasteiger partial charge is 0.380 e. The van der Waals surface area contributed by atoms with Gasteiger partial charge in [-0.3, -0.25) is 0 Å². The van der Waals surface area contributed by atoms with E-state index in [4.69, 9.17) is 4.74 Å². The Morgan fingerprint density at radius 1 is 1.24 bits per heavy atom. The number of ether oxygens (including phenoxy) is 1. The lowest BCUT2D eigenvalue weighted by Gasteiger charge is -2.03. The van der Waals surface area contributed by atoms with Gasteiger partial charge in [-0.05, 0) is 24.3 Å². The lowest BCUT2D eigenvalue weighted by Crippen LogP contribution is -2.00. The van der Waals surface area contributed by atoms with E-state index in [-0.39, 0.29) is 0 Å². The Balaban J connectivity index is 2.41. The van der Waals surface area contributed by atoms with Gasteiger partial charge < -0.3 is 4.74 Å². The lowest BCUT2D eigenvalue weighted by molar-refractivity contribution is 0.167. The Morgan fingerprint density at radius 3 is 2.41 bits per heavy atom. The molecule has 0 aliphatic carbocycles. The lowest BCUT2D eigenvalue weighted by atomic mass is 10.4. The number of benzene rings is 1. The van der Waals surface area contributed by atoms with Crippen LogP contribution in [0.2, 0.25) is 0 Å². The Labute approximate surface area is 112 Å². The van der Waals surface area contributed by atoms with E-state index in [0.717, 1.165) is 16.4 Å². The number of hydrogen-bond acceptors (Lipinski definition) is 5. The van der Waals surface area contributed by atoms with E-state index in [9.17, 15) is 8.42 Å². The van der Waals surface area contributed by atoms with Crippen LogP contribution >= 0.6 is 24.4 Å². The molecular weight excluding hydrogens is 276 g/mol. The van der Waals surface area contributed by atoms with Gasteiger partial charge in [-0.25, -0.2) is 8.42 Å². The standard InChI is InChI=1S/C11H16O3S3/c1-17(12,13)11-4-2-10(3-5-11)16-9-7-14-6-8-15/h2-5,15H,6-9H2,1H3. The van der Waals surface area contributed by atoms with Gasteiger partial charge in [0.05, 0.1) is 18.1 Å². The molecule has 0 spiro atoms. The van der Waals surface area contributed by atoms with E-state index in [0.29, 0.717) is 18.1 Å². The first kappa shape index (κ1) is 14.9. The van der Waals surface area contributed by atoms with Crippen LogP contribution in [0.1, 0.15) is 0 Å². The van der Waals surface area contributed by atoms with Crippen LogP contribution in [-0.4, -0.2) is 39.4 Å². The van der Waals surface area contributed by atoms with Crippen molar-refractivity contribution in [2.45, 2.75) is 9.79 Å². The van der Waals surface area contributed by atoms with Gasteiger partial charge in [-0.2, -0.15) is 12.6 Å². The summed E-state index contributed by atoms with van der Waals surface area (Å²) in [7, 11) is -3.09. The minimum absolute atomic E-state index is 0.355. The van der Waals surface area contributed by atoms with Gasteiger partial charge in [0.15, 0.2) is 9.84 Å². The summed E-state index contributed by atoms with van der Waals surface area (Å²) < 4.78 is 27.8. The second kappa shape index (κ2) is 7.31. The molecule has 0 atom stereocenters. The van der Waals surface area contributed by atoms with Crippen LogP contribution in [0.5, 0.6) is 0 Å². The maximum atomic E-state index is 11.2. The topological polar surface area (TPSA) is 43.4 Å². The fraction of sp³-hybridized carbons (Fsp3) is 0.455. The second-order valence-corrected chi connectivity index (χ2v) is 7.06. The van der Waals surface area contributed by atoms with Crippen LogP contribution in [-0.2, 0) is 14.6 Å². The first-order valence-electron chi connectivity index (χ1n) is 5.15. The number of thioether (sulfide) groups is 1. The summed E-state index contributed by atoms with van der Waals surface area (Å²) in [6.45, 7) is 1.34. The number of hydrogen-bond donors (Lipinski definition) is 1. The second-order valence-electron chi connectivity index (χ2n) is 3.43. The SMILES string of the molecule is CS(=O)(=O)c1ccc(SCCOCCS)cc1. The summed E-state index contributed by atoms with van der Waals surface area (Å²) in [5, 5.41) is 0. The Morgan fingerprint density at radius 2 is 1.88 bits per heavy atom. The molecule has 3 nitrogen and oxygen atoms in total. The monoisotopic (exact) mass is 292 g/mol. The summed E-state index contributed by atoms with van der Waals surface area (Å²) >= 11 is 5.69. The Bertz CT molecular complexity index is 426. The highest BCUT2D eigenvalue weighted by molar-refractivity contribution is 7.99. The summed E-state index contributed by atoms with van der Waals surface area (Å²) in [6, 6.07) is 6.90. The number of rotatable bonds is 7. The molecule has 0 aliphatic heterocycles. The third kappa shape index (κ3) is 5.81. The summed E-state index contributed by atoms with van der Waals surface area (Å²) in [5.74, 6) is 1.58. The van der Waals surface area contributed by atoms with Crippen molar-refractivity contribution in [2.75, 3.05) is 31.0 Å². The fourth-order valence-electron chi connectivity index (χ4n) is 1.17. The maximum absolute atomic E-state index is 11.2. The van der Waals surface area contributed by atoms with E-state index in [1.54, 1.807) is 23.9 Å². The van der Waals surface area contributed by atoms with Gasteiger partial charge in [0, 0.05) is 22.7 Å². The predicted octanol–water partition coefficient (Wildman–Crippen LogP) is 2.13. The Hall–Kier alpha value is -0.170. The van der Waals surface area contributed by atoms with Crippen molar-refractivity contribution in [3.05, 3.63) is 24.3 Å². The highest BCUT2D eigenvalue weighted by Gasteiger charge is 2.05. The van der Waals surface area contributed by atoms with E-state index in [1.807, 2.05) is 12.1 Å². The summed E-state index contributed by atoms with van der Waals surface area (Å²) in [4.78, 5) is 1.40. The zero-order valence-electron chi connectivity index (χ0n) is 9.63. The van der Waals surface area contributed by atoms with Crippen molar-refractivity contribution in [3.8, 4) is 0 Å². The van der Waals surface area contributed by atoms with Gasteiger partial charge >= 0.3 is 0 Å². The molecule has 96 valence electrons. The van der Waals surface area contributed by atoms with Crippen molar-refractivity contribution in [1.82, 2.24) is 0 Å². The molecule has 0 bridgehead atoms. The molecule has 1 aromatic rings. The molecule has 0 aliphatic rings.